The molecule has 256 valence electrons. The highest BCUT2D eigenvalue weighted by Crippen LogP contribution is 2.44. The molecule has 3 aromatic heterocycles. The van der Waals surface area contributed by atoms with Gasteiger partial charge in [-0.3, -0.25) is 0 Å². The highest BCUT2D eigenvalue weighted by molar-refractivity contribution is 7.26. The normalized spacial score (nSPS) is 11.6. The van der Waals surface area contributed by atoms with E-state index < -0.39 is 0 Å². The van der Waals surface area contributed by atoms with Crippen molar-refractivity contribution in [3.63, 3.8) is 0 Å². The summed E-state index contributed by atoms with van der Waals surface area (Å²) in [5, 5.41) is 8.60. The summed E-state index contributed by atoms with van der Waals surface area (Å²) < 4.78 is 2.49. The van der Waals surface area contributed by atoms with E-state index in [0.29, 0.717) is 5.82 Å². The van der Waals surface area contributed by atoms with E-state index in [1.54, 1.807) is 0 Å². The van der Waals surface area contributed by atoms with Crippen molar-refractivity contribution >= 4 is 64.0 Å². The summed E-state index contributed by atoms with van der Waals surface area (Å²) in [4.78, 5) is 15.7. The standard InChI is InChI=1S/C51H31N3S/c1-3-13-33(14-4-1)44-31-45(34-15-5-2-6-16-34)54-51(53-44)37-27-28-41-46(30-37)52-49(48-42-21-11-12-22-47(42)55-50(41)48)35-25-23-32(24-26-35)43-29-36-17-7-8-18-38(36)39-19-9-10-20-40(39)43/h1-31H. The van der Waals surface area contributed by atoms with Crippen LogP contribution < -0.4 is 0 Å². The Labute approximate surface area is 321 Å². The molecule has 11 aromatic rings. The van der Waals surface area contributed by atoms with Gasteiger partial charge < -0.3 is 0 Å². The van der Waals surface area contributed by atoms with Crippen LogP contribution in [-0.2, 0) is 0 Å². The van der Waals surface area contributed by atoms with Gasteiger partial charge in [-0.2, -0.15) is 0 Å². The number of pyridine rings is 1. The molecule has 0 radical (unpaired) electrons. The molecule has 11 rings (SSSR count). The summed E-state index contributed by atoms with van der Waals surface area (Å²) >= 11 is 1.83. The Morgan fingerprint density at radius 1 is 0.364 bits per heavy atom. The zero-order chi connectivity index (χ0) is 36.3. The Morgan fingerprint density at radius 2 is 0.945 bits per heavy atom. The van der Waals surface area contributed by atoms with E-state index in [4.69, 9.17) is 15.0 Å². The third-order valence-corrected chi connectivity index (χ3v) is 11.9. The molecule has 0 unspecified atom stereocenters. The molecular formula is C51H31N3S. The number of rotatable bonds is 5. The first-order valence-corrected chi connectivity index (χ1v) is 19.3. The first-order valence-electron chi connectivity index (χ1n) is 18.5. The molecule has 4 heteroatoms. The van der Waals surface area contributed by atoms with E-state index in [1.807, 2.05) is 47.7 Å². The van der Waals surface area contributed by atoms with Crippen molar-refractivity contribution in [3.05, 3.63) is 188 Å². The number of fused-ring (bicyclic) bond motifs is 8. The summed E-state index contributed by atoms with van der Waals surface area (Å²) in [7, 11) is 0. The van der Waals surface area contributed by atoms with E-state index in [-0.39, 0.29) is 0 Å². The van der Waals surface area contributed by atoms with Crippen molar-refractivity contribution < 1.29 is 0 Å². The van der Waals surface area contributed by atoms with E-state index in [9.17, 15) is 0 Å². The fourth-order valence-electron chi connectivity index (χ4n) is 8.00. The van der Waals surface area contributed by atoms with Crippen molar-refractivity contribution in [2.75, 3.05) is 0 Å². The molecule has 0 amide bonds. The monoisotopic (exact) mass is 717 g/mol. The van der Waals surface area contributed by atoms with Gasteiger partial charge in [-0.1, -0.05) is 164 Å². The number of benzene rings is 8. The summed E-state index contributed by atoms with van der Waals surface area (Å²) in [6, 6.07) is 66.6. The van der Waals surface area contributed by atoms with Gasteiger partial charge in [-0.15, -0.1) is 11.3 Å². The predicted molar refractivity (Wildman–Crippen MR) is 232 cm³/mol. The molecule has 0 N–H and O–H groups in total. The van der Waals surface area contributed by atoms with Crippen LogP contribution in [0.15, 0.2) is 188 Å². The lowest BCUT2D eigenvalue weighted by Crippen LogP contribution is -1.96. The van der Waals surface area contributed by atoms with Crippen molar-refractivity contribution in [1.82, 2.24) is 15.0 Å². The molecule has 0 aliphatic heterocycles. The second-order valence-electron chi connectivity index (χ2n) is 14.0. The van der Waals surface area contributed by atoms with Crippen LogP contribution in [0.3, 0.4) is 0 Å². The van der Waals surface area contributed by atoms with Gasteiger partial charge in [0.2, 0.25) is 0 Å². The highest BCUT2D eigenvalue weighted by atomic mass is 32.1. The largest absolute Gasteiger partial charge is 0.247 e. The van der Waals surface area contributed by atoms with Gasteiger partial charge in [0.15, 0.2) is 5.82 Å². The molecule has 3 nitrogen and oxygen atoms in total. The SMILES string of the molecule is c1ccc(-c2cc(-c3ccccc3)nc(-c3ccc4c(c3)nc(-c3ccc(-c5cc6ccccc6c6ccccc56)cc3)c3c5ccccc5sc43)n2)cc1. The molecule has 0 aliphatic rings. The van der Waals surface area contributed by atoms with Crippen molar-refractivity contribution in [3.8, 4) is 56.3 Å². The Kier molecular flexibility index (Phi) is 7.35. The fourth-order valence-corrected chi connectivity index (χ4v) is 9.24. The predicted octanol–water partition coefficient (Wildman–Crippen LogP) is 14.0. The second-order valence-corrected chi connectivity index (χ2v) is 15.0. The zero-order valence-corrected chi connectivity index (χ0v) is 30.5. The lowest BCUT2D eigenvalue weighted by atomic mass is 9.92. The second kappa shape index (κ2) is 12.8. The molecule has 0 spiro atoms. The molecule has 55 heavy (non-hydrogen) atoms. The van der Waals surface area contributed by atoms with E-state index in [2.05, 4.69) is 152 Å². The first kappa shape index (κ1) is 31.5. The number of thiophene rings is 1. The Balaban J connectivity index is 1.09. The summed E-state index contributed by atoms with van der Waals surface area (Å²) in [5.74, 6) is 0.675. The van der Waals surface area contributed by atoms with Gasteiger partial charge in [0.05, 0.1) is 22.6 Å². The van der Waals surface area contributed by atoms with Gasteiger partial charge >= 0.3 is 0 Å². The van der Waals surface area contributed by atoms with Crippen LogP contribution in [0.1, 0.15) is 0 Å². The van der Waals surface area contributed by atoms with Crippen molar-refractivity contribution in [2.24, 2.45) is 0 Å². The van der Waals surface area contributed by atoms with Crippen LogP contribution in [0.4, 0.5) is 0 Å². The third-order valence-electron chi connectivity index (χ3n) is 10.7. The van der Waals surface area contributed by atoms with Gasteiger partial charge in [-0.05, 0) is 56.9 Å². The molecular weight excluding hydrogens is 687 g/mol. The van der Waals surface area contributed by atoms with E-state index in [1.165, 1.54) is 52.8 Å². The number of nitrogens with zero attached hydrogens (tertiary/aromatic N) is 3. The quantitative estimate of drug-likeness (QED) is 0.166. The van der Waals surface area contributed by atoms with Crippen LogP contribution in [0.5, 0.6) is 0 Å². The molecule has 0 atom stereocenters. The van der Waals surface area contributed by atoms with Crippen LogP contribution in [0.25, 0.3) is 109 Å². The highest BCUT2D eigenvalue weighted by Gasteiger charge is 2.19. The summed E-state index contributed by atoms with van der Waals surface area (Å²) in [6.07, 6.45) is 0. The van der Waals surface area contributed by atoms with Crippen LogP contribution in [0, 0.1) is 0 Å². The Bertz CT molecular complexity index is 3180. The van der Waals surface area contributed by atoms with Crippen LogP contribution >= 0.6 is 11.3 Å². The van der Waals surface area contributed by atoms with Gasteiger partial charge in [0.25, 0.3) is 0 Å². The van der Waals surface area contributed by atoms with E-state index >= 15 is 0 Å². The maximum Gasteiger partial charge on any atom is 0.160 e. The molecule has 0 bridgehead atoms. The molecule has 0 aliphatic carbocycles. The summed E-state index contributed by atoms with van der Waals surface area (Å²) in [5.41, 5.74) is 10.2. The molecule has 0 saturated carbocycles. The summed E-state index contributed by atoms with van der Waals surface area (Å²) in [6.45, 7) is 0. The molecule has 0 saturated heterocycles. The number of hydrogen-bond donors (Lipinski definition) is 0. The Morgan fingerprint density at radius 3 is 1.67 bits per heavy atom. The molecule has 0 fully saturated rings. The van der Waals surface area contributed by atoms with Crippen LogP contribution in [-0.4, -0.2) is 15.0 Å². The lowest BCUT2D eigenvalue weighted by molar-refractivity contribution is 1.18. The maximum absolute atomic E-state index is 5.49. The van der Waals surface area contributed by atoms with E-state index in [0.717, 1.165) is 50.2 Å². The average Bonchev–Trinajstić information content (AvgIpc) is 3.66. The van der Waals surface area contributed by atoms with Gasteiger partial charge in [-0.25, -0.2) is 15.0 Å². The average molecular weight is 718 g/mol. The van der Waals surface area contributed by atoms with Gasteiger partial charge in [0.1, 0.15) is 0 Å². The smallest absolute Gasteiger partial charge is 0.160 e. The molecule has 8 aromatic carbocycles. The number of hydrogen-bond acceptors (Lipinski definition) is 4. The topological polar surface area (TPSA) is 38.7 Å². The van der Waals surface area contributed by atoms with Gasteiger partial charge in [0, 0.05) is 47.8 Å². The lowest BCUT2D eigenvalue weighted by Gasteiger charge is -2.13. The fraction of sp³-hybridized carbons (Fsp3) is 0. The minimum absolute atomic E-state index is 0.675. The zero-order valence-electron chi connectivity index (χ0n) is 29.6. The molecule has 3 heterocycles. The first-order chi connectivity index (χ1) is 27.2. The maximum atomic E-state index is 5.49. The van der Waals surface area contributed by atoms with Crippen molar-refractivity contribution in [1.29, 1.82) is 0 Å². The number of aromatic nitrogens is 3. The Hall–Kier alpha value is -7.01. The van der Waals surface area contributed by atoms with Crippen LogP contribution in [0.2, 0.25) is 0 Å². The minimum atomic E-state index is 0.675. The minimum Gasteiger partial charge on any atom is -0.247 e. The van der Waals surface area contributed by atoms with Crippen molar-refractivity contribution in [2.45, 2.75) is 0 Å². The third kappa shape index (κ3) is 5.38.